The molecule has 12 N–H and O–H groups in total. The van der Waals surface area contributed by atoms with Gasteiger partial charge in [-0.25, -0.2) is 4.98 Å². The molecule has 2 aromatic carbocycles. The highest BCUT2D eigenvalue weighted by Gasteiger charge is 2.20. The van der Waals surface area contributed by atoms with Crippen molar-refractivity contribution in [1.82, 2.24) is 29.7 Å². The predicted molar refractivity (Wildman–Crippen MR) is 258 cm³/mol. The lowest BCUT2D eigenvalue weighted by Gasteiger charge is -2.29. The first-order valence-electron chi connectivity index (χ1n) is 21.3. The van der Waals surface area contributed by atoms with E-state index in [2.05, 4.69) is 42.6 Å². The minimum absolute atomic E-state index is 0.250. The number of anilines is 3. The van der Waals surface area contributed by atoms with Crippen molar-refractivity contribution in [2.75, 3.05) is 76.0 Å². The first-order valence-corrected chi connectivity index (χ1v) is 21.3. The number of aryl methyl sites for hydroxylation is 2. The van der Waals surface area contributed by atoms with Crippen molar-refractivity contribution in [3.63, 3.8) is 0 Å². The van der Waals surface area contributed by atoms with Crippen LogP contribution in [-0.2, 0) is 17.9 Å². The van der Waals surface area contributed by atoms with Crippen molar-refractivity contribution in [3.8, 4) is 11.5 Å². The second-order valence-electron chi connectivity index (χ2n) is 14.7. The summed E-state index contributed by atoms with van der Waals surface area (Å²) in [7, 11) is 3.31. The fraction of sp³-hybridized carbons (Fsp3) is 0.400. The molecule has 1 aliphatic heterocycles. The summed E-state index contributed by atoms with van der Waals surface area (Å²) in [5, 5.41) is 11.5. The van der Waals surface area contributed by atoms with Crippen molar-refractivity contribution in [1.29, 1.82) is 0 Å². The van der Waals surface area contributed by atoms with Crippen LogP contribution in [0.1, 0.15) is 70.5 Å². The number of hydrazone groups is 1. The Balaban J connectivity index is 0.000000745. The van der Waals surface area contributed by atoms with Gasteiger partial charge in [-0.2, -0.15) is 10.2 Å². The van der Waals surface area contributed by atoms with Crippen LogP contribution in [0.25, 0.3) is 11.0 Å². The molecular formula is C45H66N14O6. The Kier molecular flexibility index (Phi) is 21.7. The fourth-order valence-electron chi connectivity index (χ4n) is 6.83. The molecule has 0 aliphatic carbocycles. The first kappa shape index (κ1) is 52.2. The molecule has 4 aromatic rings. The SMILES string of the molecule is CCN/N=C(C)\C=C\CN(C/C=C/Cn1c(NC)nc2cc(C(N)=O)cc(OC)c21)c1c(N)cc(C(N)=O)cc1OC/C=C/CN1CCC(N)CC1.CCn1nc(C)cc1C=O.NC=O. The Bertz CT molecular complexity index is 2310. The number of methoxy groups -OCH3 is 1. The molecule has 20 heteroatoms. The van der Waals surface area contributed by atoms with Crippen LogP contribution in [0.4, 0.5) is 17.3 Å². The largest absolute Gasteiger partial charge is 0.494 e. The van der Waals surface area contributed by atoms with Gasteiger partial charge in [0.05, 0.1) is 29.7 Å². The maximum atomic E-state index is 12.2. The molecule has 1 saturated heterocycles. The van der Waals surface area contributed by atoms with Gasteiger partial charge >= 0.3 is 0 Å². The third-order valence-corrected chi connectivity index (χ3v) is 9.97. The van der Waals surface area contributed by atoms with Crippen molar-refractivity contribution in [3.05, 3.63) is 89.3 Å². The number of hydrogen-bond acceptors (Lipinski definition) is 15. The standard InChI is InChI=1S/C37H53N11O4.C7H10N2O.CH3NO/c1-5-43-45-25(2)11-10-16-47(15-6-7-17-48-34-30(44-37(48)42-3)22-27(36(41)50)23-31(34)51-4)33-29(39)21-26(35(40)49)24-32(33)52-20-9-8-14-46-18-12-28(38)13-19-46;1-3-9-7(5-10)4-6(2)8-9;2-1-3/h6-11,21-24,28,43H,5,12-20,38-39H2,1-4H3,(H2,40,49)(H2,41,50)(H,42,44);4-5H,3H2,1-2H3;1H,(H2,2,3)/b7-6+,9-8+,11-10+,45-25-;;. The van der Waals surface area contributed by atoms with E-state index in [1.54, 1.807) is 42.1 Å². The Morgan fingerprint density at radius 1 is 0.954 bits per heavy atom. The molecule has 65 heavy (non-hydrogen) atoms. The van der Waals surface area contributed by atoms with Crippen molar-refractivity contribution >= 4 is 58.6 Å². The number of amides is 3. The molecule has 5 rings (SSSR count). The van der Waals surface area contributed by atoms with Gasteiger partial charge in [-0.1, -0.05) is 30.4 Å². The van der Waals surface area contributed by atoms with Gasteiger partial charge in [0, 0.05) is 63.5 Å². The summed E-state index contributed by atoms with van der Waals surface area (Å²) >= 11 is 0. The number of ether oxygens (including phenoxy) is 2. The van der Waals surface area contributed by atoms with Crippen molar-refractivity contribution < 1.29 is 28.7 Å². The van der Waals surface area contributed by atoms with Crippen LogP contribution < -0.4 is 53.8 Å². The number of likely N-dealkylation sites (tertiary alicyclic amines) is 1. The number of aldehydes is 1. The average molecular weight is 899 g/mol. The quantitative estimate of drug-likeness (QED) is 0.0208. The van der Waals surface area contributed by atoms with Gasteiger partial charge in [0.15, 0.2) is 6.29 Å². The van der Waals surface area contributed by atoms with E-state index in [9.17, 15) is 14.4 Å². The highest BCUT2D eigenvalue weighted by Crippen LogP contribution is 2.36. The number of fused-ring (bicyclic) bond motifs is 1. The van der Waals surface area contributed by atoms with E-state index < -0.39 is 11.8 Å². The molecule has 1 aliphatic rings. The number of piperidine rings is 1. The molecule has 0 radical (unpaired) electrons. The van der Waals surface area contributed by atoms with Crippen LogP contribution in [0.5, 0.6) is 11.5 Å². The van der Waals surface area contributed by atoms with Gasteiger partial charge in [0.25, 0.3) is 0 Å². The summed E-state index contributed by atoms with van der Waals surface area (Å²) < 4.78 is 15.5. The average Bonchev–Trinajstić information content (AvgIpc) is 3.85. The number of hydrogen-bond donors (Lipinski definition) is 7. The molecule has 2 aromatic heterocycles. The smallest absolute Gasteiger partial charge is 0.248 e. The molecule has 1 fully saturated rings. The Hall–Kier alpha value is -7.19. The Labute approximate surface area is 380 Å². The molecule has 3 heterocycles. The second kappa shape index (κ2) is 27.1. The topological polar surface area (TPSA) is 295 Å². The normalized spacial score (nSPS) is 13.3. The molecule has 352 valence electrons. The highest BCUT2D eigenvalue weighted by atomic mass is 16.5. The van der Waals surface area contributed by atoms with Crippen LogP contribution in [0.3, 0.4) is 0 Å². The van der Waals surface area contributed by atoms with E-state index in [4.69, 9.17) is 37.2 Å². The molecule has 0 unspecified atom stereocenters. The van der Waals surface area contributed by atoms with Gasteiger partial charge in [0.2, 0.25) is 24.2 Å². The molecule has 0 spiro atoms. The number of rotatable bonds is 21. The summed E-state index contributed by atoms with van der Waals surface area (Å²) in [6, 6.07) is 8.52. The number of nitrogens with zero attached hydrogens (tertiary/aromatic N) is 7. The van der Waals surface area contributed by atoms with Crippen molar-refractivity contribution in [2.24, 2.45) is 28.0 Å². The van der Waals surface area contributed by atoms with Crippen molar-refractivity contribution in [2.45, 2.75) is 59.7 Å². The molecule has 0 atom stereocenters. The lowest BCUT2D eigenvalue weighted by Crippen LogP contribution is -2.39. The lowest BCUT2D eigenvalue weighted by molar-refractivity contribution is -0.106. The third kappa shape index (κ3) is 15.8. The number of nitrogens with two attached hydrogens (primary N) is 5. The highest BCUT2D eigenvalue weighted by molar-refractivity contribution is 5.99. The van der Waals surface area contributed by atoms with Gasteiger partial charge in [-0.05, 0) is 90.0 Å². The zero-order chi connectivity index (χ0) is 47.9. The van der Waals surface area contributed by atoms with E-state index in [1.807, 2.05) is 67.5 Å². The number of allylic oxidation sites excluding steroid dienone is 2. The number of primary amides is 3. The molecule has 3 amide bonds. The number of carbonyl (C=O) groups excluding carboxylic acids is 4. The fourth-order valence-corrected chi connectivity index (χ4v) is 6.83. The number of nitrogens with one attached hydrogen (secondary N) is 2. The number of benzene rings is 2. The maximum Gasteiger partial charge on any atom is 0.248 e. The molecule has 0 saturated carbocycles. The predicted octanol–water partition coefficient (Wildman–Crippen LogP) is 2.95. The minimum atomic E-state index is -0.602. The van der Waals surface area contributed by atoms with E-state index >= 15 is 0 Å². The van der Waals surface area contributed by atoms with Crippen LogP contribution in [0.15, 0.2) is 71.9 Å². The maximum absolute atomic E-state index is 12.2. The zero-order valence-electron chi connectivity index (χ0n) is 38.3. The second-order valence-corrected chi connectivity index (χ2v) is 14.7. The minimum Gasteiger partial charge on any atom is -0.494 e. The third-order valence-electron chi connectivity index (χ3n) is 9.97. The Morgan fingerprint density at radius 2 is 1.60 bits per heavy atom. The summed E-state index contributed by atoms with van der Waals surface area (Å²) in [5.41, 5.74) is 36.2. The summed E-state index contributed by atoms with van der Waals surface area (Å²) in [6.07, 6.45) is 15.0. The monoisotopic (exact) mass is 899 g/mol. The number of carbonyl (C=O) groups is 4. The van der Waals surface area contributed by atoms with Crippen LogP contribution in [0.2, 0.25) is 0 Å². The van der Waals surface area contributed by atoms with E-state index in [-0.39, 0.29) is 24.6 Å². The lowest BCUT2D eigenvalue weighted by atomic mass is 10.1. The number of aromatic nitrogens is 4. The van der Waals surface area contributed by atoms with Crippen LogP contribution in [-0.4, -0.2) is 121 Å². The summed E-state index contributed by atoms with van der Waals surface area (Å²) in [6.45, 7) is 13.5. The van der Waals surface area contributed by atoms with Gasteiger partial charge in [-0.3, -0.25) is 28.8 Å². The van der Waals surface area contributed by atoms with Gasteiger partial charge < -0.3 is 58.4 Å². The summed E-state index contributed by atoms with van der Waals surface area (Å²) in [4.78, 5) is 52.1. The Morgan fingerprint density at radius 3 is 2.20 bits per heavy atom. The number of nitrogen functional groups attached to an aromatic ring is 1. The van der Waals surface area contributed by atoms with E-state index in [0.29, 0.717) is 71.8 Å². The number of imidazole rings is 1. The molecular weight excluding hydrogens is 833 g/mol. The van der Waals surface area contributed by atoms with Crippen LogP contribution >= 0.6 is 0 Å². The van der Waals surface area contributed by atoms with Gasteiger partial charge in [0.1, 0.15) is 35.0 Å². The van der Waals surface area contributed by atoms with Crippen LogP contribution in [0, 0.1) is 6.92 Å². The molecule has 20 nitrogen and oxygen atoms in total. The molecule has 0 bridgehead atoms. The van der Waals surface area contributed by atoms with E-state index in [0.717, 1.165) is 62.2 Å². The van der Waals surface area contributed by atoms with E-state index in [1.165, 1.54) is 7.11 Å². The zero-order valence-corrected chi connectivity index (χ0v) is 38.3. The first-order chi connectivity index (χ1) is 31.2. The summed E-state index contributed by atoms with van der Waals surface area (Å²) in [5.74, 6) is 0.343. The van der Waals surface area contributed by atoms with Gasteiger partial charge in [-0.15, -0.1) is 0 Å².